The molecule has 10 aromatic carbocycles. The number of rotatable bonds is 7. The lowest BCUT2D eigenvalue weighted by molar-refractivity contribution is 0.669. The second-order valence-electron chi connectivity index (χ2n) is 17.4. The first-order chi connectivity index (χ1) is 33.2. The summed E-state index contributed by atoms with van der Waals surface area (Å²) in [6.07, 6.45) is 7.59. The van der Waals surface area contributed by atoms with Gasteiger partial charge in [-0.25, -0.2) is 15.0 Å². The Bertz CT molecular complexity index is 3940. The van der Waals surface area contributed by atoms with Crippen molar-refractivity contribution in [1.82, 2.24) is 15.0 Å². The zero-order chi connectivity index (χ0) is 44.3. The van der Waals surface area contributed by atoms with Gasteiger partial charge in [0.2, 0.25) is 0 Å². The highest BCUT2D eigenvalue weighted by atomic mass is 16.3. The Kier molecular flexibility index (Phi) is 9.28. The number of hydrogen-bond acceptors (Lipinski definition) is 4. The van der Waals surface area contributed by atoms with Gasteiger partial charge in [0, 0.05) is 33.4 Å². The lowest BCUT2D eigenvalue weighted by Gasteiger charge is -2.18. The quantitative estimate of drug-likeness (QED) is 0.150. The molecule has 0 radical (unpaired) electrons. The lowest BCUT2D eigenvalue weighted by atomic mass is 9.89. The predicted molar refractivity (Wildman–Crippen MR) is 278 cm³/mol. The third-order valence-corrected chi connectivity index (χ3v) is 13.5. The van der Waals surface area contributed by atoms with Gasteiger partial charge in [-0.1, -0.05) is 200 Å². The summed E-state index contributed by atoms with van der Waals surface area (Å²) in [6, 6.07) is 75.4. The van der Waals surface area contributed by atoms with E-state index in [-0.39, 0.29) is 5.92 Å². The number of fused-ring (bicyclic) bond motifs is 7. The van der Waals surface area contributed by atoms with E-state index in [0.29, 0.717) is 17.5 Å². The van der Waals surface area contributed by atoms with E-state index in [1.54, 1.807) is 0 Å². The van der Waals surface area contributed by atoms with Crippen molar-refractivity contribution in [3.63, 3.8) is 0 Å². The van der Waals surface area contributed by atoms with Crippen molar-refractivity contribution >= 4 is 59.8 Å². The van der Waals surface area contributed by atoms with Crippen LogP contribution < -0.4 is 0 Å². The molecule has 314 valence electrons. The molecule has 0 N–H and O–H groups in total. The van der Waals surface area contributed by atoms with Crippen molar-refractivity contribution in [1.29, 1.82) is 0 Å². The standard InChI is InChI=1S/C63H41N3O/c1-3-14-40(15-4-1)41-26-28-42(29-27-41)43-30-32-45(33-31-43)62-64-61(44-16-5-2-6-17-44)65-63(66-62)55-37-36-53(50-21-10-11-22-51(50)55)54-24-13-25-58-60(54)56-35-34-47(39-59(56)67-58)57-38-46-18-7-8-19-48(46)49-20-9-12-23-52(49)57/h1-30,32-39,43H,31H2. The van der Waals surface area contributed by atoms with Crippen LogP contribution in [-0.4, -0.2) is 15.0 Å². The second-order valence-corrected chi connectivity index (χ2v) is 17.4. The number of allylic oxidation sites excluding steroid dienone is 4. The fraction of sp³-hybridized carbons (Fsp3) is 0.0317. The summed E-state index contributed by atoms with van der Waals surface area (Å²) < 4.78 is 6.72. The summed E-state index contributed by atoms with van der Waals surface area (Å²) in [4.78, 5) is 15.5. The van der Waals surface area contributed by atoms with E-state index in [1.165, 1.54) is 43.8 Å². The molecule has 13 rings (SSSR count). The highest BCUT2D eigenvalue weighted by molar-refractivity contribution is 6.18. The van der Waals surface area contributed by atoms with E-state index in [2.05, 4.69) is 212 Å². The molecule has 4 nitrogen and oxygen atoms in total. The van der Waals surface area contributed by atoms with Crippen molar-refractivity contribution in [3.05, 3.63) is 242 Å². The summed E-state index contributed by atoms with van der Waals surface area (Å²) in [5, 5.41) is 9.33. The Balaban J connectivity index is 0.885. The summed E-state index contributed by atoms with van der Waals surface area (Å²) in [7, 11) is 0. The van der Waals surface area contributed by atoms with E-state index in [0.717, 1.165) is 72.5 Å². The Labute approximate surface area is 387 Å². The van der Waals surface area contributed by atoms with Crippen LogP contribution in [0, 0.1) is 0 Å². The molecule has 2 heterocycles. The van der Waals surface area contributed by atoms with Crippen LogP contribution in [0.2, 0.25) is 0 Å². The van der Waals surface area contributed by atoms with Crippen LogP contribution in [0.4, 0.5) is 0 Å². The molecule has 2 aromatic heterocycles. The average molecular weight is 856 g/mol. The van der Waals surface area contributed by atoms with Gasteiger partial charge in [0.05, 0.1) is 0 Å². The molecule has 0 saturated heterocycles. The first-order valence-corrected chi connectivity index (χ1v) is 22.9. The fourth-order valence-corrected chi connectivity index (χ4v) is 10.2. The van der Waals surface area contributed by atoms with Crippen LogP contribution in [0.15, 0.2) is 235 Å². The Morgan fingerprint density at radius 3 is 1.75 bits per heavy atom. The molecule has 0 amide bonds. The van der Waals surface area contributed by atoms with Gasteiger partial charge in [0.15, 0.2) is 17.5 Å². The van der Waals surface area contributed by atoms with Crippen LogP contribution >= 0.6 is 0 Å². The molecule has 1 atom stereocenters. The van der Waals surface area contributed by atoms with Crippen molar-refractivity contribution < 1.29 is 4.42 Å². The molecule has 1 unspecified atom stereocenters. The minimum atomic E-state index is 0.267. The number of aromatic nitrogens is 3. The van der Waals surface area contributed by atoms with Gasteiger partial charge in [0.25, 0.3) is 0 Å². The minimum Gasteiger partial charge on any atom is -0.456 e. The predicted octanol–water partition coefficient (Wildman–Crippen LogP) is 16.7. The molecule has 0 fully saturated rings. The zero-order valence-corrected chi connectivity index (χ0v) is 36.5. The smallest absolute Gasteiger partial charge is 0.164 e. The van der Waals surface area contributed by atoms with Crippen molar-refractivity contribution in [3.8, 4) is 56.2 Å². The first-order valence-electron chi connectivity index (χ1n) is 22.9. The number of furan rings is 1. The maximum absolute atomic E-state index is 6.72. The lowest BCUT2D eigenvalue weighted by Crippen LogP contribution is -2.05. The third kappa shape index (κ3) is 6.81. The Morgan fingerprint density at radius 2 is 0.985 bits per heavy atom. The molecule has 0 spiro atoms. The van der Waals surface area contributed by atoms with Gasteiger partial charge in [-0.05, 0) is 108 Å². The van der Waals surface area contributed by atoms with Crippen molar-refractivity contribution in [2.75, 3.05) is 0 Å². The maximum Gasteiger partial charge on any atom is 0.164 e. The molecule has 12 aromatic rings. The SMILES string of the molecule is C1=CC(c2ccc(-c3ccccc3)cc2)CC=C1c1nc(-c2ccccc2)nc(-c2ccc(-c3cccc4oc5cc(-c6cc7ccccc7c7ccccc67)ccc5c34)c3ccccc23)n1. The molecule has 0 bridgehead atoms. The second kappa shape index (κ2) is 16.1. The van der Waals surface area contributed by atoms with Gasteiger partial charge in [-0.3, -0.25) is 0 Å². The van der Waals surface area contributed by atoms with Crippen molar-refractivity contribution in [2.45, 2.75) is 12.3 Å². The highest BCUT2D eigenvalue weighted by Gasteiger charge is 2.21. The molecule has 4 heteroatoms. The van der Waals surface area contributed by atoms with E-state index in [1.807, 2.05) is 18.2 Å². The molecule has 0 saturated carbocycles. The number of nitrogens with zero attached hydrogens (tertiary/aromatic N) is 3. The van der Waals surface area contributed by atoms with Crippen molar-refractivity contribution in [2.24, 2.45) is 0 Å². The zero-order valence-electron chi connectivity index (χ0n) is 36.5. The van der Waals surface area contributed by atoms with Crippen LogP contribution in [0.1, 0.15) is 23.7 Å². The van der Waals surface area contributed by atoms with Crippen LogP contribution in [0.25, 0.3) is 116 Å². The maximum atomic E-state index is 6.72. The minimum absolute atomic E-state index is 0.267. The van der Waals surface area contributed by atoms with Gasteiger partial charge >= 0.3 is 0 Å². The van der Waals surface area contributed by atoms with Crippen LogP contribution in [-0.2, 0) is 0 Å². The summed E-state index contributed by atoms with van der Waals surface area (Å²) in [5.41, 5.74) is 12.9. The van der Waals surface area contributed by atoms with E-state index in [9.17, 15) is 0 Å². The van der Waals surface area contributed by atoms with E-state index < -0.39 is 0 Å². The number of benzene rings is 10. The van der Waals surface area contributed by atoms with Gasteiger partial charge < -0.3 is 4.42 Å². The van der Waals surface area contributed by atoms with Crippen LogP contribution in [0.5, 0.6) is 0 Å². The number of hydrogen-bond donors (Lipinski definition) is 0. The summed E-state index contributed by atoms with van der Waals surface area (Å²) >= 11 is 0. The molecular weight excluding hydrogens is 815 g/mol. The molecule has 67 heavy (non-hydrogen) atoms. The molecular formula is C63H41N3O. The van der Waals surface area contributed by atoms with Gasteiger partial charge in [-0.2, -0.15) is 0 Å². The largest absolute Gasteiger partial charge is 0.456 e. The summed E-state index contributed by atoms with van der Waals surface area (Å²) in [5.74, 6) is 2.22. The fourth-order valence-electron chi connectivity index (χ4n) is 10.2. The normalized spacial score (nSPS) is 13.8. The highest BCUT2D eigenvalue weighted by Crippen LogP contribution is 2.44. The monoisotopic (exact) mass is 855 g/mol. The van der Waals surface area contributed by atoms with Gasteiger partial charge in [0.1, 0.15) is 11.2 Å². The average Bonchev–Trinajstić information content (AvgIpc) is 3.79. The molecule has 0 aliphatic heterocycles. The van der Waals surface area contributed by atoms with Gasteiger partial charge in [-0.15, -0.1) is 0 Å². The Hall–Kier alpha value is -8.73. The third-order valence-electron chi connectivity index (χ3n) is 13.5. The summed E-state index contributed by atoms with van der Waals surface area (Å²) in [6.45, 7) is 0. The first kappa shape index (κ1) is 38.7. The Morgan fingerprint density at radius 1 is 0.373 bits per heavy atom. The van der Waals surface area contributed by atoms with E-state index >= 15 is 0 Å². The molecule has 1 aliphatic rings. The van der Waals surface area contributed by atoms with Crippen LogP contribution in [0.3, 0.4) is 0 Å². The molecule has 1 aliphatic carbocycles. The van der Waals surface area contributed by atoms with E-state index in [4.69, 9.17) is 19.4 Å². The topological polar surface area (TPSA) is 51.8 Å².